The highest BCUT2D eigenvalue weighted by Gasteiger charge is 2.43. The van der Waals surface area contributed by atoms with Gasteiger partial charge in [-0.25, -0.2) is 0 Å². The highest BCUT2D eigenvalue weighted by Crippen LogP contribution is 2.52. The molecule has 100 valence electrons. The molecule has 2 rings (SSSR count). The van der Waals surface area contributed by atoms with Crippen LogP contribution in [0.5, 0.6) is 0 Å². The van der Waals surface area contributed by atoms with Crippen LogP contribution in [0.3, 0.4) is 0 Å². The predicted octanol–water partition coefficient (Wildman–Crippen LogP) is 4.39. The molecule has 2 fully saturated rings. The standard InChI is InChI=1S/C16H30O/c1-15(2,3)13-8-10-16(12-17,11-9-13)14-6-4-5-7-14/h13-14,17H,4-12H2,1-3H3. The number of rotatable bonds is 2. The first kappa shape index (κ1) is 13.4. The molecule has 17 heavy (non-hydrogen) atoms. The molecule has 2 aliphatic rings. The van der Waals surface area contributed by atoms with Crippen LogP contribution >= 0.6 is 0 Å². The first-order valence-electron chi connectivity index (χ1n) is 7.59. The van der Waals surface area contributed by atoms with Crippen molar-refractivity contribution in [3.63, 3.8) is 0 Å². The summed E-state index contributed by atoms with van der Waals surface area (Å²) in [5, 5.41) is 9.89. The normalized spacial score (nSPS) is 36.4. The van der Waals surface area contributed by atoms with Crippen LogP contribution < -0.4 is 0 Å². The Morgan fingerprint density at radius 2 is 1.53 bits per heavy atom. The molecule has 1 nitrogen and oxygen atoms in total. The summed E-state index contributed by atoms with van der Waals surface area (Å²) in [6, 6.07) is 0. The SMILES string of the molecule is CC(C)(C)C1CCC(CO)(C2CCCC2)CC1. The van der Waals surface area contributed by atoms with E-state index in [1.54, 1.807) is 0 Å². The Morgan fingerprint density at radius 3 is 1.94 bits per heavy atom. The fourth-order valence-electron chi connectivity index (χ4n) is 4.29. The Balaban J connectivity index is 1.99. The molecule has 0 atom stereocenters. The Bertz CT molecular complexity index is 237. The summed E-state index contributed by atoms with van der Waals surface area (Å²) >= 11 is 0. The second-order valence-electron chi connectivity index (χ2n) is 7.64. The van der Waals surface area contributed by atoms with Gasteiger partial charge >= 0.3 is 0 Å². The first-order valence-corrected chi connectivity index (χ1v) is 7.59. The van der Waals surface area contributed by atoms with Crippen LogP contribution in [0.25, 0.3) is 0 Å². The number of aliphatic hydroxyl groups excluding tert-OH is 1. The molecule has 0 aromatic carbocycles. The van der Waals surface area contributed by atoms with Crippen molar-refractivity contribution < 1.29 is 5.11 Å². The van der Waals surface area contributed by atoms with Crippen LogP contribution in [0.1, 0.15) is 72.1 Å². The van der Waals surface area contributed by atoms with Gasteiger partial charge in [0.05, 0.1) is 0 Å². The predicted molar refractivity (Wildman–Crippen MR) is 72.9 cm³/mol. The zero-order valence-corrected chi connectivity index (χ0v) is 12.0. The lowest BCUT2D eigenvalue weighted by Crippen LogP contribution is -2.39. The maximum atomic E-state index is 9.89. The van der Waals surface area contributed by atoms with Crippen LogP contribution in [0.2, 0.25) is 0 Å². The minimum Gasteiger partial charge on any atom is -0.396 e. The lowest BCUT2D eigenvalue weighted by Gasteiger charge is -2.46. The summed E-state index contributed by atoms with van der Waals surface area (Å²) in [6.45, 7) is 7.56. The van der Waals surface area contributed by atoms with Crippen molar-refractivity contribution in [1.29, 1.82) is 0 Å². The van der Waals surface area contributed by atoms with Crippen molar-refractivity contribution in [2.45, 2.75) is 72.1 Å². The Labute approximate surface area is 107 Å². The topological polar surface area (TPSA) is 20.2 Å². The van der Waals surface area contributed by atoms with Gasteiger partial charge in [-0.1, -0.05) is 33.6 Å². The van der Waals surface area contributed by atoms with Gasteiger partial charge in [-0.2, -0.15) is 0 Å². The van der Waals surface area contributed by atoms with Gasteiger partial charge in [0.15, 0.2) is 0 Å². The zero-order valence-electron chi connectivity index (χ0n) is 12.0. The summed E-state index contributed by atoms with van der Waals surface area (Å²) in [7, 11) is 0. The van der Waals surface area contributed by atoms with E-state index in [4.69, 9.17) is 0 Å². The Kier molecular flexibility index (Phi) is 3.87. The summed E-state index contributed by atoms with van der Waals surface area (Å²) < 4.78 is 0. The minimum atomic E-state index is 0.304. The van der Waals surface area contributed by atoms with Gasteiger partial charge in [-0.3, -0.25) is 0 Å². The quantitative estimate of drug-likeness (QED) is 0.756. The maximum absolute atomic E-state index is 9.89. The molecule has 0 radical (unpaired) electrons. The fourth-order valence-corrected chi connectivity index (χ4v) is 4.29. The van der Waals surface area contributed by atoms with E-state index in [2.05, 4.69) is 20.8 Å². The molecule has 0 amide bonds. The molecular formula is C16H30O. The van der Waals surface area contributed by atoms with E-state index in [1.807, 2.05) is 0 Å². The Hall–Kier alpha value is -0.0400. The van der Waals surface area contributed by atoms with E-state index in [0.717, 1.165) is 11.8 Å². The lowest BCUT2D eigenvalue weighted by atomic mass is 9.60. The van der Waals surface area contributed by atoms with Crippen LogP contribution in [0.15, 0.2) is 0 Å². The van der Waals surface area contributed by atoms with Gasteiger partial charge in [0, 0.05) is 6.61 Å². The molecule has 1 N–H and O–H groups in total. The van der Waals surface area contributed by atoms with Crippen molar-refractivity contribution in [3.05, 3.63) is 0 Å². The molecule has 0 aromatic heterocycles. The fraction of sp³-hybridized carbons (Fsp3) is 1.00. The zero-order chi connectivity index (χ0) is 12.5. The van der Waals surface area contributed by atoms with E-state index in [1.165, 1.54) is 51.4 Å². The summed E-state index contributed by atoms with van der Waals surface area (Å²) in [5.74, 6) is 1.69. The average Bonchev–Trinajstić information content (AvgIpc) is 2.82. The van der Waals surface area contributed by atoms with E-state index < -0.39 is 0 Å². The molecule has 1 heteroatoms. The minimum absolute atomic E-state index is 0.304. The molecule has 2 aliphatic carbocycles. The van der Waals surface area contributed by atoms with E-state index in [-0.39, 0.29) is 0 Å². The van der Waals surface area contributed by atoms with E-state index in [9.17, 15) is 5.11 Å². The van der Waals surface area contributed by atoms with Crippen LogP contribution in [0.4, 0.5) is 0 Å². The van der Waals surface area contributed by atoms with E-state index in [0.29, 0.717) is 17.4 Å². The average molecular weight is 238 g/mol. The number of hydrogen-bond donors (Lipinski definition) is 1. The number of hydrogen-bond acceptors (Lipinski definition) is 1. The van der Waals surface area contributed by atoms with Crippen molar-refractivity contribution in [2.24, 2.45) is 22.7 Å². The van der Waals surface area contributed by atoms with E-state index >= 15 is 0 Å². The van der Waals surface area contributed by atoms with Crippen LogP contribution in [-0.4, -0.2) is 11.7 Å². The van der Waals surface area contributed by atoms with Crippen molar-refractivity contribution >= 4 is 0 Å². The van der Waals surface area contributed by atoms with Crippen LogP contribution in [0, 0.1) is 22.7 Å². The molecule has 0 aromatic rings. The van der Waals surface area contributed by atoms with Gasteiger partial charge in [-0.15, -0.1) is 0 Å². The molecular weight excluding hydrogens is 208 g/mol. The second kappa shape index (κ2) is 4.91. The second-order valence-corrected chi connectivity index (χ2v) is 7.64. The summed E-state index contributed by atoms with van der Waals surface area (Å²) in [4.78, 5) is 0. The molecule has 0 bridgehead atoms. The van der Waals surface area contributed by atoms with Gasteiger partial charge in [0.25, 0.3) is 0 Å². The third kappa shape index (κ3) is 2.70. The number of aliphatic hydroxyl groups is 1. The van der Waals surface area contributed by atoms with Gasteiger partial charge in [-0.05, 0) is 61.2 Å². The summed E-state index contributed by atoms with van der Waals surface area (Å²) in [5.41, 5.74) is 0.759. The molecule has 0 spiro atoms. The van der Waals surface area contributed by atoms with Gasteiger partial charge in [0.1, 0.15) is 0 Å². The van der Waals surface area contributed by atoms with Gasteiger partial charge in [0.2, 0.25) is 0 Å². The van der Waals surface area contributed by atoms with Crippen molar-refractivity contribution in [3.8, 4) is 0 Å². The molecule has 0 heterocycles. The van der Waals surface area contributed by atoms with Gasteiger partial charge < -0.3 is 5.11 Å². The highest BCUT2D eigenvalue weighted by molar-refractivity contribution is 4.94. The largest absolute Gasteiger partial charge is 0.396 e. The molecule has 0 unspecified atom stereocenters. The smallest absolute Gasteiger partial charge is 0.0490 e. The summed E-state index contributed by atoms with van der Waals surface area (Å²) in [6.07, 6.45) is 10.8. The Morgan fingerprint density at radius 1 is 1.00 bits per heavy atom. The lowest BCUT2D eigenvalue weighted by molar-refractivity contribution is -0.00692. The first-order chi connectivity index (χ1) is 7.98. The third-order valence-corrected chi connectivity index (χ3v) is 5.74. The van der Waals surface area contributed by atoms with Crippen LogP contribution in [-0.2, 0) is 0 Å². The molecule has 0 aliphatic heterocycles. The molecule has 2 saturated carbocycles. The van der Waals surface area contributed by atoms with Crippen molar-refractivity contribution in [2.75, 3.05) is 6.61 Å². The highest BCUT2D eigenvalue weighted by atomic mass is 16.3. The third-order valence-electron chi connectivity index (χ3n) is 5.74. The monoisotopic (exact) mass is 238 g/mol. The van der Waals surface area contributed by atoms with Crippen molar-refractivity contribution in [1.82, 2.24) is 0 Å². The molecule has 0 saturated heterocycles. The maximum Gasteiger partial charge on any atom is 0.0490 e.